The third kappa shape index (κ3) is 2.55. The van der Waals surface area contributed by atoms with Crippen molar-refractivity contribution in [3.8, 4) is 11.6 Å². The molecule has 21 heavy (non-hydrogen) atoms. The summed E-state index contributed by atoms with van der Waals surface area (Å²) >= 11 is 0. The molecule has 0 aliphatic carbocycles. The van der Waals surface area contributed by atoms with Crippen LogP contribution in [0.5, 0.6) is 11.6 Å². The van der Waals surface area contributed by atoms with E-state index >= 15 is 0 Å². The number of benzene rings is 1. The average molecular weight is 291 g/mol. The second-order valence-electron chi connectivity index (χ2n) is 4.48. The van der Waals surface area contributed by atoms with Crippen LogP contribution in [0.25, 0.3) is 0 Å². The van der Waals surface area contributed by atoms with Gasteiger partial charge in [-0.15, -0.1) is 0 Å². The highest BCUT2D eigenvalue weighted by molar-refractivity contribution is 5.91. The number of nitrogens with zero attached hydrogens (tertiary/aromatic N) is 3. The van der Waals surface area contributed by atoms with Crippen LogP contribution in [-0.2, 0) is 7.05 Å². The number of hydrogen-bond acceptors (Lipinski definition) is 5. The Hall–Kier alpha value is -2.90. The summed E-state index contributed by atoms with van der Waals surface area (Å²) in [5.74, 6) is -1.27. The molecule has 8 heteroatoms. The van der Waals surface area contributed by atoms with Gasteiger partial charge in [-0.25, -0.2) is 9.48 Å². The van der Waals surface area contributed by atoms with Gasteiger partial charge in [0.05, 0.1) is 10.6 Å². The van der Waals surface area contributed by atoms with Crippen LogP contribution in [0.4, 0.5) is 5.69 Å². The highest BCUT2D eigenvalue weighted by atomic mass is 16.6. The maximum atomic E-state index is 11.3. The monoisotopic (exact) mass is 291 g/mol. The van der Waals surface area contributed by atoms with Crippen molar-refractivity contribution in [2.45, 2.75) is 13.8 Å². The second kappa shape index (κ2) is 5.23. The van der Waals surface area contributed by atoms with Crippen LogP contribution >= 0.6 is 0 Å². The van der Waals surface area contributed by atoms with Crippen LogP contribution in [0.2, 0.25) is 0 Å². The van der Waals surface area contributed by atoms with Gasteiger partial charge in [0.2, 0.25) is 11.6 Å². The molecule has 1 N–H and O–H groups in total. The minimum Gasteiger partial charge on any atom is -0.477 e. The summed E-state index contributed by atoms with van der Waals surface area (Å²) in [4.78, 5) is 21.8. The lowest BCUT2D eigenvalue weighted by Crippen LogP contribution is -2.03. The highest BCUT2D eigenvalue weighted by Crippen LogP contribution is 2.35. The van der Waals surface area contributed by atoms with E-state index in [0.29, 0.717) is 5.56 Å². The zero-order valence-electron chi connectivity index (χ0n) is 11.7. The standard InChI is InChI=1S/C13H13N3O5/c1-7-5-4-6-9(11(7)16(19)20)21-12-10(13(17)18)8(2)14-15(12)3/h4-6H,1-3H3,(H,17,18). The van der Waals surface area contributed by atoms with Crippen molar-refractivity contribution in [2.24, 2.45) is 7.05 Å². The van der Waals surface area contributed by atoms with E-state index in [-0.39, 0.29) is 28.6 Å². The number of carboxylic acids is 1. The molecule has 0 aliphatic heterocycles. The fourth-order valence-corrected chi connectivity index (χ4v) is 2.05. The lowest BCUT2D eigenvalue weighted by Gasteiger charge is -2.08. The molecule has 1 aromatic heterocycles. The van der Waals surface area contributed by atoms with E-state index in [1.165, 1.54) is 24.7 Å². The first-order valence-electron chi connectivity index (χ1n) is 6.01. The Balaban J connectivity index is 2.56. The normalized spacial score (nSPS) is 10.4. The number of hydrogen-bond donors (Lipinski definition) is 1. The molecule has 0 saturated carbocycles. The fraction of sp³-hybridized carbons (Fsp3) is 0.231. The van der Waals surface area contributed by atoms with Crippen LogP contribution < -0.4 is 4.74 Å². The summed E-state index contributed by atoms with van der Waals surface area (Å²) in [5.41, 5.74) is 0.379. The molecule has 110 valence electrons. The molecule has 0 aliphatic rings. The van der Waals surface area contributed by atoms with Gasteiger partial charge in [-0.1, -0.05) is 12.1 Å². The summed E-state index contributed by atoms with van der Waals surface area (Å²) in [6, 6.07) is 4.60. The summed E-state index contributed by atoms with van der Waals surface area (Å²) in [5, 5.41) is 24.3. The Kier molecular flexibility index (Phi) is 3.62. The Morgan fingerprint density at radius 3 is 2.67 bits per heavy atom. The predicted octanol–water partition coefficient (Wildman–Crippen LogP) is 2.44. The molecule has 0 radical (unpaired) electrons. The number of carbonyl (C=O) groups is 1. The van der Waals surface area contributed by atoms with Crippen molar-refractivity contribution in [1.29, 1.82) is 0 Å². The summed E-state index contributed by atoms with van der Waals surface area (Å²) < 4.78 is 6.71. The van der Waals surface area contributed by atoms with Gasteiger partial charge in [0.1, 0.15) is 5.56 Å². The number of carboxylic acid groups (broad SMARTS) is 1. The van der Waals surface area contributed by atoms with Crippen molar-refractivity contribution in [3.63, 3.8) is 0 Å². The molecule has 1 heterocycles. The molecule has 0 unspecified atom stereocenters. The number of aromatic carboxylic acids is 1. The van der Waals surface area contributed by atoms with Crippen molar-refractivity contribution >= 4 is 11.7 Å². The number of nitro benzene ring substituents is 1. The van der Waals surface area contributed by atoms with E-state index in [0.717, 1.165) is 0 Å². The maximum Gasteiger partial charge on any atom is 0.343 e. The Morgan fingerprint density at radius 1 is 1.43 bits per heavy atom. The van der Waals surface area contributed by atoms with Crippen molar-refractivity contribution in [2.75, 3.05) is 0 Å². The summed E-state index contributed by atoms with van der Waals surface area (Å²) in [6.45, 7) is 3.11. The average Bonchev–Trinajstić information content (AvgIpc) is 2.63. The van der Waals surface area contributed by atoms with E-state index in [1.807, 2.05) is 0 Å². The van der Waals surface area contributed by atoms with Gasteiger partial charge in [-0.05, 0) is 19.9 Å². The van der Waals surface area contributed by atoms with Crippen LogP contribution in [0, 0.1) is 24.0 Å². The van der Waals surface area contributed by atoms with Crippen LogP contribution in [0.15, 0.2) is 18.2 Å². The minimum atomic E-state index is -1.20. The van der Waals surface area contributed by atoms with Gasteiger partial charge in [0.25, 0.3) is 0 Å². The van der Waals surface area contributed by atoms with Gasteiger partial charge < -0.3 is 9.84 Å². The van der Waals surface area contributed by atoms with Crippen molar-refractivity contribution in [3.05, 3.63) is 45.1 Å². The predicted molar refractivity (Wildman–Crippen MR) is 72.8 cm³/mol. The molecule has 0 spiro atoms. The number of para-hydroxylation sites is 1. The molecule has 0 atom stereocenters. The molecule has 2 aromatic rings. The Bertz CT molecular complexity index is 736. The number of rotatable bonds is 4. The largest absolute Gasteiger partial charge is 0.477 e. The Morgan fingerprint density at radius 2 is 2.10 bits per heavy atom. The quantitative estimate of drug-likeness (QED) is 0.684. The molecule has 0 fully saturated rings. The first kappa shape index (κ1) is 14.5. The lowest BCUT2D eigenvalue weighted by molar-refractivity contribution is -0.386. The molecular formula is C13H13N3O5. The van der Waals surface area contributed by atoms with Gasteiger partial charge in [-0.2, -0.15) is 5.10 Å². The number of aryl methyl sites for hydroxylation is 3. The van der Waals surface area contributed by atoms with E-state index < -0.39 is 10.9 Å². The molecule has 0 amide bonds. The van der Waals surface area contributed by atoms with Crippen LogP contribution in [-0.4, -0.2) is 25.8 Å². The van der Waals surface area contributed by atoms with E-state index in [4.69, 9.17) is 4.74 Å². The topological polar surface area (TPSA) is 107 Å². The van der Waals surface area contributed by atoms with Gasteiger partial charge in [0.15, 0.2) is 0 Å². The molecule has 0 saturated heterocycles. The number of aromatic nitrogens is 2. The molecule has 0 bridgehead atoms. The molecular weight excluding hydrogens is 278 g/mol. The summed E-state index contributed by atoms with van der Waals surface area (Å²) in [7, 11) is 1.51. The minimum absolute atomic E-state index is 0.0227. The third-order valence-electron chi connectivity index (χ3n) is 2.97. The zero-order chi connectivity index (χ0) is 15.7. The van der Waals surface area contributed by atoms with Gasteiger partial charge in [0, 0.05) is 12.6 Å². The van der Waals surface area contributed by atoms with Crippen molar-refractivity contribution in [1.82, 2.24) is 9.78 Å². The van der Waals surface area contributed by atoms with E-state index in [1.54, 1.807) is 19.1 Å². The molecule has 1 aromatic carbocycles. The first-order valence-corrected chi connectivity index (χ1v) is 6.01. The fourth-order valence-electron chi connectivity index (χ4n) is 2.05. The van der Waals surface area contributed by atoms with Gasteiger partial charge >= 0.3 is 11.7 Å². The third-order valence-corrected chi connectivity index (χ3v) is 2.97. The van der Waals surface area contributed by atoms with Crippen LogP contribution in [0.3, 0.4) is 0 Å². The smallest absolute Gasteiger partial charge is 0.343 e. The second-order valence-corrected chi connectivity index (χ2v) is 4.48. The van der Waals surface area contributed by atoms with Crippen LogP contribution in [0.1, 0.15) is 21.6 Å². The maximum absolute atomic E-state index is 11.3. The zero-order valence-corrected chi connectivity index (χ0v) is 11.7. The SMILES string of the molecule is Cc1cccc(Oc2c(C(=O)O)c(C)nn2C)c1[N+](=O)[O-]. The van der Waals surface area contributed by atoms with E-state index in [2.05, 4.69) is 5.10 Å². The lowest BCUT2D eigenvalue weighted by atomic mass is 10.2. The number of ether oxygens (including phenoxy) is 1. The molecule has 2 rings (SSSR count). The van der Waals surface area contributed by atoms with Gasteiger partial charge in [-0.3, -0.25) is 10.1 Å². The molecule has 8 nitrogen and oxygen atoms in total. The summed E-state index contributed by atoms with van der Waals surface area (Å²) in [6.07, 6.45) is 0. The van der Waals surface area contributed by atoms with E-state index in [9.17, 15) is 20.0 Å². The Labute approximate surface area is 119 Å². The number of nitro groups is 1. The first-order chi connectivity index (χ1) is 9.82. The van der Waals surface area contributed by atoms with Crippen molar-refractivity contribution < 1.29 is 19.6 Å². The highest BCUT2D eigenvalue weighted by Gasteiger charge is 2.25.